The highest BCUT2D eigenvalue weighted by Crippen LogP contribution is 2.22. The van der Waals surface area contributed by atoms with Crippen molar-refractivity contribution in [1.29, 1.82) is 0 Å². The second kappa shape index (κ2) is 14.3. The quantitative estimate of drug-likeness (QED) is 0.155. The van der Waals surface area contributed by atoms with Gasteiger partial charge in [-0.25, -0.2) is 10.2 Å². The van der Waals surface area contributed by atoms with Crippen molar-refractivity contribution in [2.45, 2.75) is 45.4 Å². The van der Waals surface area contributed by atoms with E-state index in [9.17, 15) is 9.59 Å². The molecule has 1 heterocycles. The maximum absolute atomic E-state index is 12.4. The van der Waals surface area contributed by atoms with Crippen LogP contribution in [0.25, 0.3) is 11.3 Å². The van der Waals surface area contributed by atoms with Crippen molar-refractivity contribution in [3.05, 3.63) is 65.9 Å². The molecule has 0 saturated carbocycles. The maximum Gasteiger partial charge on any atom is 0.341 e. The number of para-hydroxylation sites is 1. The Morgan fingerprint density at radius 3 is 2.56 bits per heavy atom. The van der Waals surface area contributed by atoms with Gasteiger partial charge < -0.3 is 14.6 Å². The fraction of sp³-hybridized carbons (Fsp3) is 0.333. The molecule has 1 amide bonds. The zero-order valence-corrected chi connectivity index (χ0v) is 20.4. The number of unbranched alkanes of at least 4 members (excludes halogenated alkanes) is 5. The molecule has 0 atom stereocenters. The van der Waals surface area contributed by atoms with E-state index in [4.69, 9.17) is 14.6 Å². The predicted molar refractivity (Wildman–Crippen MR) is 138 cm³/mol. The molecular formula is C27H32N4O5. The lowest BCUT2D eigenvalue weighted by Gasteiger charge is -2.06. The number of nitrogens with zero attached hydrogens (tertiary/aromatic N) is 2. The van der Waals surface area contributed by atoms with Gasteiger partial charge in [0, 0.05) is 11.1 Å². The molecule has 3 aromatic rings. The van der Waals surface area contributed by atoms with Gasteiger partial charge in [-0.3, -0.25) is 9.89 Å². The number of aliphatic carboxylic acids is 1. The normalized spacial score (nSPS) is 10.9. The van der Waals surface area contributed by atoms with E-state index in [0.717, 1.165) is 17.7 Å². The van der Waals surface area contributed by atoms with Crippen LogP contribution in [0, 0.1) is 0 Å². The number of rotatable bonds is 15. The Hall–Kier alpha value is -4.14. The first kappa shape index (κ1) is 26.5. The van der Waals surface area contributed by atoms with Crippen LogP contribution in [0.5, 0.6) is 11.5 Å². The topological polar surface area (TPSA) is 126 Å². The van der Waals surface area contributed by atoms with Gasteiger partial charge in [0.25, 0.3) is 5.91 Å². The number of hydrazone groups is 1. The van der Waals surface area contributed by atoms with Gasteiger partial charge in [0.15, 0.2) is 6.61 Å². The van der Waals surface area contributed by atoms with E-state index >= 15 is 0 Å². The average molecular weight is 493 g/mol. The van der Waals surface area contributed by atoms with Gasteiger partial charge in [-0.1, -0.05) is 51.2 Å². The molecule has 0 unspecified atom stereocenters. The number of H-pyrrole nitrogens is 1. The lowest BCUT2D eigenvalue weighted by atomic mass is 10.1. The first-order valence-electron chi connectivity index (χ1n) is 12.1. The summed E-state index contributed by atoms with van der Waals surface area (Å²) < 4.78 is 11.0. The predicted octanol–water partition coefficient (Wildman–Crippen LogP) is 5.04. The molecule has 9 nitrogen and oxygen atoms in total. The van der Waals surface area contributed by atoms with Gasteiger partial charge in [-0.15, -0.1) is 0 Å². The number of carbonyl (C=O) groups is 2. The molecule has 0 fully saturated rings. The molecular weight excluding hydrogens is 460 g/mol. The molecule has 1 aromatic heterocycles. The average Bonchev–Trinajstić information content (AvgIpc) is 3.38. The largest absolute Gasteiger partial charge is 0.494 e. The van der Waals surface area contributed by atoms with Crippen LogP contribution in [-0.2, 0) is 4.79 Å². The van der Waals surface area contributed by atoms with Crippen LogP contribution in [0.3, 0.4) is 0 Å². The number of hydrogen-bond donors (Lipinski definition) is 3. The smallest absolute Gasteiger partial charge is 0.341 e. The summed E-state index contributed by atoms with van der Waals surface area (Å²) >= 11 is 0. The molecule has 0 saturated heterocycles. The van der Waals surface area contributed by atoms with Crippen LogP contribution in [-0.4, -0.2) is 46.6 Å². The number of carboxylic acids is 1. The fourth-order valence-electron chi connectivity index (χ4n) is 3.46. The maximum atomic E-state index is 12.4. The van der Waals surface area contributed by atoms with Crippen LogP contribution in [0.1, 0.15) is 61.5 Å². The van der Waals surface area contributed by atoms with Crippen LogP contribution < -0.4 is 14.9 Å². The number of hydrogen-bond acceptors (Lipinski definition) is 6. The van der Waals surface area contributed by atoms with Crippen molar-refractivity contribution in [1.82, 2.24) is 15.6 Å². The van der Waals surface area contributed by atoms with E-state index in [1.807, 2.05) is 24.3 Å². The Labute approximate surface area is 210 Å². The van der Waals surface area contributed by atoms with Gasteiger partial charge in [0.2, 0.25) is 0 Å². The number of aromatic nitrogens is 2. The third kappa shape index (κ3) is 8.57. The second-order valence-corrected chi connectivity index (χ2v) is 8.23. The van der Waals surface area contributed by atoms with Crippen LogP contribution >= 0.6 is 0 Å². The standard InChI is InChI=1S/C27H32N4O5/c1-2-3-4-5-6-9-16-35-22-14-12-20(13-15-22)23-17-24(30-29-23)27(34)31-28-18-21-10-7-8-11-25(21)36-19-26(32)33/h7-8,10-15,17-18H,2-6,9,16,19H2,1H3,(H,29,30)(H,31,34)(H,32,33)/b28-18+. The molecule has 3 N–H and O–H groups in total. The minimum Gasteiger partial charge on any atom is -0.494 e. The first-order valence-corrected chi connectivity index (χ1v) is 12.1. The zero-order chi connectivity index (χ0) is 25.6. The Morgan fingerprint density at radius 2 is 1.78 bits per heavy atom. The summed E-state index contributed by atoms with van der Waals surface area (Å²) in [7, 11) is 0. The Bertz CT molecular complexity index is 1140. The highest BCUT2D eigenvalue weighted by molar-refractivity contribution is 5.94. The molecule has 0 bridgehead atoms. The number of carboxylic acid groups (broad SMARTS) is 1. The number of benzene rings is 2. The second-order valence-electron chi connectivity index (χ2n) is 8.23. The van der Waals surface area contributed by atoms with E-state index in [0.29, 0.717) is 23.6 Å². The van der Waals surface area contributed by atoms with Crippen molar-refractivity contribution in [3.63, 3.8) is 0 Å². The highest BCUT2D eigenvalue weighted by atomic mass is 16.5. The lowest BCUT2D eigenvalue weighted by Crippen LogP contribution is -2.18. The Morgan fingerprint density at radius 1 is 1.03 bits per heavy atom. The molecule has 0 spiro atoms. The van der Waals surface area contributed by atoms with E-state index in [-0.39, 0.29) is 5.69 Å². The molecule has 0 aliphatic rings. The van der Waals surface area contributed by atoms with Crippen molar-refractivity contribution < 1.29 is 24.2 Å². The SMILES string of the molecule is CCCCCCCCOc1ccc(-c2cc(C(=O)N/N=C/c3ccccc3OCC(=O)O)[nH]n2)cc1. The summed E-state index contributed by atoms with van der Waals surface area (Å²) in [5, 5.41) is 19.7. The summed E-state index contributed by atoms with van der Waals surface area (Å²) in [6.45, 7) is 2.45. The summed E-state index contributed by atoms with van der Waals surface area (Å²) in [5.74, 6) is -0.392. The Balaban J connectivity index is 1.49. The minimum atomic E-state index is -1.08. The van der Waals surface area contributed by atoms with Crippen molar-refractivity contribution >= 4 is 18.1 Å². The zero-order valence-electron chi connectivity index (χ0n) is 20.4. The Kier molecular flexibility index (Phi) is 10.5. The number of ether oxygens (including phenoxy) is 2. The third-order valence-electron chi connectivity index (χ3n) is 5.38. The van der Waals surface area contributed by atoms with E-state index in [2.05, 4.69) is 27.6 Å². The number of aromatic amines is 1. The summed E-state index contributed by atoms with van der Waals surface area (Å²) in [6, 6.07) is 16.0. The van der Waals surface area contributed by atoms with Gasteiger partial charge >= 0.3 is 5.97 Å². The van der Waals surface area contributed by atoms with Gasteiger partial charge in [0.1, 0.15) is 17.2 Å². The van der Waals surface area contributed by atoms with E-state index in [1.54, 1.807) is 30.3 Å². The first-order chi connectivity index (χ1) is 17.6. The van der Waals surface area contributed by atoms with Gasteiger partial charge in [0.05, 0.1) is 18.5 Å². The third-order valence-corrected chi connectivity index (χ3v) is 5.38. The minimum absolute atomic E-state index is 0.251. The van der Waals surface area contributed by atoms with Gasteiger partial charge in [-0.05, 0) is 48.9 Å². The molecule has 9 heteroatoms. The molecule has 0 radical (unpaired) electrons. The number of carbonyl (C=O) groups excluding carboxylic acids is 1. The molecule has 36 heavy (non-hydrogen) atoms. The van der Waals surface area contributed by atoms with Crippen LogP contribution in [0.15, 0.2) is 59.7 Å². The molecule has 190 valence electrons. The van der Waals surface area contributed by atoms with Crippen molar-refractivity contribution in [2.24, 2.45) is 5.10 Å². The van der Waals surface area contributed by atoms with E-state index < -0.39 is 18.5 Å². The van der Waals surface area contributed by atoms with Crippen molar-refractivity contribution in [3.8, 4) is 22.8 Å². The van der Waals surface area contributed by atoms with Gasteiger partial charge in [-0.2, -0.15) is 10.2 Å². The lowest BCUT2D eigenvalue weighted by molar-refractivity contribution is -0.139. The molecule has 0 aliphatic heterocycles. The van der Waals surface area contributed by atoms with Crippen molar-refractivity contribution in [2.75, 3.05) is 13.2 Å². The van der Waals surface area contributed by atoms with E-state index in [1.165, 1.54) is 38.3 Å². The monoisotopic (exact) mass is 492 g/mol. The summed E-state index contributed by atoms with van der Waals surface area (Å²) in [6.07, 6.45) is 8.71. The summed E-state index contributed by atoms with van der Waals surface area (Å²) in [4.78, 5) is 23.2. The fourth-order valence-corrected chi connectivity index (χ4v) is 3.46. The highest BCUT2D eigenvalue weighted by Gasteiger charge is 2.11. The number of amides is 1. The van der Waals surface area contributed by atoms with Crippen LogP contribution in [0.2, 0.25) is 0 Å². The molecule has 2 aromatic carbocycles. The van der Waals surface area contributed by atoms with Crippen LogP contribution in [0.4, 0.5) is 0 Å². The summed E-state index contributed by atoms with van der Waals surface area (Å²) in [5.41, 5.74) is 4.68. The molecule has 0 aliphatic carbocycles. The molecule has 3 rings (SSSR count). The number of nitrogens with one attached hydrogen (secondary N) is 2.